The molecule has 0 amide bonds. The lowest BCUT2D eigenvalue weighted by atomic mass is 11.3. The Morgan fingerprint density at radius 3 is 2.00 bits per heavy atom. The summed E-state index contributed by atoms with van der Waals surface area (Å²) in [7, 11) is 0. The minimum atomic E-state index is 0.458. The third-order valence-electron chi connectivity index (χ3n) is 0.398. The Morgan fingerprint density at radius 1 is 1.20 bits per heavy atom. The lowest BCUT2D eigenvalue weighted by Gasteiger charge is -1.72. The summed E-state index contributed by atoms with van der Waals surface area (Å²) in [5.41, 5.74) is 0. The fourth-order valence-electron chi connectivity index (χ4n) is 0.204. The van der Waals surface area contributed by atoms with E-state index in [0.29, 0.717) is 13.5 Å². The van der Waals surface area contributed by atoms with Crippen molar-refractivity contribution in [2.75, 3.05) is 13.5 Å². The summed E-state index contributed by atoms with van der Waals surface area (Å²) in [6, 6.07) is 0. The number of hydrogen-bond acceptors (Lipinski definition) is 3. The van der Waals surface area contributed by atoms with Gasteiger partial charge in [0.15, 0.2) is 13.5 Å². The molecule has 0 saturated heterocycles. The van der Waals surface area contributed by atoms with E-state index in [1.807, 2.05) is 0 Å². The van der Waals surface area contributed by atoms with Crippen molar-refractivity contribution in [2.24, 2.45) is 10.2 Å². The van der Waals surface area contributed by atoms with Crippen LogP contribution in [0.1, 0.15) is 0 Å². The second-order valence-corrected chi connectivity index (χ2v) is 0.745. The zero-order valence-corrected chi connectivity index (χ0v) is 2.72. The highest BCUT2D eigenvalue weighted by atomic mass is 16.5. The molecular formula is C2H4N2O. The third kappa shape index (κ3) is 0.417. The van der Waals surface area contributed by atoms with Gasteiger partial charge in [0.25, 0.3) is 0 Å². The molecule has 0 saturated carbocycles. The van der Waals surface area contributed by atoms with Crippen LogP contribution in [0.15, 0.2) is 10.2 Å². The SMILES string of the molecule is C1N=NCO1. The predicted molar refractivity (Wildman–Crippen MR) is 15.7 cm³/mol. The molecule has 1 aliphatic heterocycles. The first-order chi connectivity index (χ1) is 2.50. The molecule has 0 aromatic rings. The summed E-state index contributed by atoms with van der Waals surface area (Å²) < 4.78 is 4.61. The molecule has 1 rings (SSSR count). The van der Waals surface area contributed by atoms with E-state index in [2.05, 4.69) is 15.0 Å². The van der Waals surface area contributed by atoms with E-state index < -0.39 is 0 Å². The van der Waals surface area contributed by atoms with E-state index >= 15 is 0 Å². The van der Waals surface area contributed by atoms with Gasteiger partial charge in [-0.15, -0.1) is 0 Å². The molecule has 0 aromatic heterocycles. The van der Waals surface area contributed by atoms with Crippen LogP contribution in [0.2, 0.25) is 0 Å². The molecule has 0 unspecified atom stereocenters. The van der Waals surface area contributed by atoms with Crippen LogP contribution in [0.4, 0.5) is 0 Å². The van der Waals surface area contributed by atoms with E-state index in [0.717, 1.165) is 0 Å². The highest BCUT2D eigenvalue weighted by molar-refractivity contribution is 4.27. The van der Waals surface area contributed by atoms with Crippen LogP contribution in [-0.4, -0.2) is 13.5 Å². The second kappa shape index (κ2) is 1.12. The smallest absolute Gasteiger partial charge is 0.160 e. The molecule has 0 fully saturated rings. The number of hydrogen-bond donors (Lipinski definition) is 0. The average Bonchev–Trinajstić information content (AvgIpc) is 1.76. The van der Waals surface area contributed by atoms with E-state index in [4.69, 9.17) is 0 Å². The fourth-order valence-corrected chi connectivity index (χ4v) is 0.204. The largest absolute Gasteiger partial charge is 0.333 e. The van der Waals surface area contributed by atoms with Crippen molar-refractivity contribution in [1.82, 2.24) is 0 Å². The number of nitrogens with zero attached hydrogens (tertiary/aromatic N) is 2. The van der Waals surface area contributed by atoms with E-state index in [-0.39, 0.29) is 0 Å². The molecule has 0 aromatic carbocycles. The Kier molecular flexibility index (Phi) is 0.624. The minimum absolute atomic E-state index is 0.458. The van der Waals surface area contributed by atoms with Crippen LogP contribution in [0.3, 0.4) is 0 Å². The van der Waals surface area contributed by atoms with E-state index in [1.54, 1.807) is 0 Å². The molecular weight excluding hydrogens is 68.0 g/mol. The van der Waals surface area contributed by atoms with Crippen molar-refractivity contribution in [3.05, 3.63) is 0 Å². The maximum Gasteiger partial charge on any atom is 0.160 e. The lowest BCUT2D eigenvalue weighted by molar-refractivity contribution is 0.187. The van der Waals surface area contributed by atoms with Gasteiger partial charge in [0, 0.05) is 0 Å². The summed E-state index contributed by atoms with van der Waals surface area (Å²) in [6.45, 7) is 0.917. The van der Waals surface area contributed by atoms with E-state index in [1.165, 1.54) is 0 Å². The summed E-state index contributed by atoms with van der Waals surface area (Å²) in [6.07, 6.45) is 0. The van der Waals surface area contributed by atoms with Gasteiger partial charge in [-0.3, -0.25) is 0 Å². The molecule has 0 aliphatic carbocycles. The molecule has 3 nitrogen and oxygen atoms in total. The van der Waals surface area contributed by atoms with Gasteiger partial charge in [0.05, 0.1) is 0 Å². The summed E-state index contributed by atoms with van der Waals surface area (Å²) >= 11 is 0. The van der Waals surface area contributed by atoms with Gasteiger partial charge in [-0.1, -0.05) is 0 Å². The first-order valence-electron chi connectivity index (χ1n) is 1.41. The normalized spacial score (nSPS) is 20.8. The van der Waals surface area contributed by atoms with Crippen molar-refractivity contribution in [2.45, 2.75) is 0 Å². The van der Waals surface area contributed by atoms with Gasteiger partial charge in [-0.25, -0.2) is 0 Å². The number of ether oxygens (including phenoxy) is 1. The number of azo groups is 1. The molecule has 3 heteroatoms. The van der Waals surface area contributed by atoms with Crippen LogP contribution in [0, 0.1) is 0 Å². The van der Waals surface area contributed by atoms with Crippen LogP contribution in [0.5, 0.6) is 0 Å². The molecule has 0 bridgehead atoms. The summed E-state index contributed by atoms with van der Waals surface area (Å²) in [5.74, 6) is 0. The predicted octanol–water partition coefficient (Wildman–Crippen LogP) is 0.384. The van der Waals surface area contributed by atoms with Crippen LogP contribution >= 0.6 is 0 Å². The van der Waals surface area contributed by atoms with Gasteiger partial charge < -0.3 is 4.74 Å². The minimum Gasteiger partial charge on any atom is -0.333 e. The Labute approximate surface area is 29.7 Å². The molecule has 0 N–H and O–H groups in total. The molecule has 0 atom stereocenters. The van der Waals surface area contributed by atoms with Crippen molar-refractivity contribution in [3.8, 4) is 0 Å². The van der Waals surface area contributed by atoms with Gasteiger partial charge in [0.2, 0.25) is 0 Å². The molecule has 0 spiro atoms. The zero-order chi connectivity index (χ0) is 3.54. The highest BCUT2D eigenvalue weighted by Gasteiger charge is 1.85. The molecule has 0 radical (unpaired) electrons. The molecule has 1 heterocycles. The molecule has 28 valence electrons. The van der Waals surface area contributed by atoms with Crippen LogP contribution in [0.25, 0.3) is 0 Å². The first kappa shape index (κ1) is 2.78. The van der Waals surface area contributed by atoms with Gasteiger partial charge in [-0.2, -0.15) is 10.2 Å². The maximum atomic E-state index is 4.61. The fraction of sp³-hybridized carbons (Fsp3) is 1.00. The zero-order valence-electron chi connectivity index (χ0n) is 2.72. The Morgan fingerprint density at radius 2 is 1.80 bits per heavy atom. The van der Waals surface area contributed by atoms with Crippen molar-refractivity contribution in [1.29, 1.82) is 0 Å². The Balaban J connectivity index is 2.32. The molecule has 1 aliphatic rings. The van der Waals surface area contributed by atoms with Crippen molar-refractivity contribution < 1.29 is 4.74 Å². The van der Waals surface area contributed by atoms with Crippen molar-refractivity contribution >= 4 is 0 Å². The van der Waals surface area contributed by atoms with Gasteiger partial charge in [0.1, 0.15) is 0 Å². The Hall–Kier alpha value is -0.440. The van der Waals surface area contributed by atoms with Crippen molar-refractivity contribution in [3.63, 3.8) is 0 Å². The second-order valence-electron chi connectivity index (χ2n) is 0.745. The average molecular weight is 72.1 g/mol. The highest BCUT2D eigenvalue weighted by Crippen LogP contribution is 1.86. The summed E-state index contributed by atoms with van der Waals surface area (Å²) in [5, 5.41) is 6.97. The van der Waals surface area contributed by atoms with Gasteiger partial charge >= 0.3 is 0 Å². The Bertz CT molecular complexity index is 45.6. The lowest BCUT2D eigenvalue weighted by Crippen LogP contribution is -1.76. The molecule has 5 heavy (non-hydrogen) atoms. The van der Waals surface area contributed by atoms with Crippen LogP contribution < -0.4 is 0 Å². The maximum absolute atomic E-state index is 4.61. The van der Waals surface area contributed by atoms with Crippen LogP contribution in [-0.2, 0) is 4.74 Å². The quantitative estimate of drug-likeness (QED) is 0.407. The number of rotatable bonds is 0. The monoisotopic (exact) mass is 72.0 g/mol. The summed E-state index contributed by atoms with van der Waals surface area (Å²) in [4.78, 5) is 0. The van der Waals surface area contributed by atoms with E-state index in [9.17, 15) is 0 Å². The standard InChI is InChI=1S/C2H4N2O/c1-3-4-2-5-1/h1-2H2. The first-order valence-corrected chi connectivity index (χ1v) is 1.41. The topological polar surface area (TPSA) is 34.0 Å². The third-order valence-corrected chi connectivity index (χ3v) is 0.398. The van der Waals surface area contributed by atoms with Gasteiger partial charge in [-0.05, 0) is 0 Å².